The van der Waals surface area contributed by atoms with Crippen LogP contribution in [0.25, 0.3) is 17.2 Å². The zero-order chi connectivity index (χ0) is 29.9. The Morgan fingerprint density at radius 1 is 1.09 bits per heavy atom. The van der Waals surface area contributed by atoms with Gasteiger partial charge in [0, 0.05) is 11.6 Å². The first-order valence-electron chi connectivity index (χ1n) is 13.5. The largest absolute Gasteiger partial charge is 0.490 e. The Hall–Kier alpha value is -4.56. The van der Waals surface area contributed by atoms with E-state index in [2.05, 4.69) is 25.6 Å². The molecule has 2 aliphatic rings. The van der Waals surface area contributed by atoms with Crippen molar-refractivity contribution in [2.75, 3.05) is 18.5 Å². The fourth-order valence-electron chi connectivity index (χ4n) is 4.97. The van der Waals surface area contributed by atoms with Gasteiger partial charge in [0.05, 0.1) is 6.33 Å². The smallest absolute Gasteiger partial charge is 0.339 e. The van der Waals surface area contributed by atoms with Gasteiger partial charge in [-0.15, -0.1) is 0 Å². The molecule has 4 unspecified atom stereocenters. The van der Waals surface area contributed by atoms with E-state index in [1.54, 1.807) is 17.6 Å². The van der Waals surface area contributed by atoms with Crippen LogP contribution in [0.1, 0.15) is 29.1 Å². The topological polar surface area (TPSA) is 159 Å². The number of benzene rings is 2. The molecule has 0 bridgehead atoms. The number of carbonyl (C=O) groups excluding carboxylic acids is 1. The monoisotopic (exact) mass is 606 g/mol. The van der Waals surface area contributed by atoms with Crippen molar-refractivity contribution in [3.63, 3.8) is 0 Å². The lowest BCUT2D eigenvalue weighted by molar-refractivity contribution is -0.131. The predicted octanol–water partition coefficient (Wildman–Crippen LogP) is 4.12. The molecule has 3 N–H and O–H groups in total. The number of hydrogen-bond acceptors (Lipinski definition) is 9. The van der Waals surface area contributed by atoms with Gasteiger partial charge in [-0.05, 0) is 36.8 Å². The molecule has 2 aromatic carbocycles. The fraction of sp³-hybridized carbons (Fsp3) is 0.276. The molecule has 4 heterocycles. The van der Waals surface area contributed by atoms with E-state index < -0.39 is 42.8 Å². The van der Waals surface area contributed by atoms with Crippen molar-refractivity contribution in [3.05, 3.63) is 83.4 Å². The highest BCUT2D eigenvalue weighted by Gasteiger charge is 2.53. The molecule has 4 aromatic rings. The van der Waals surface area contributed by atoms with E-state index in [4.69, 9.17) is 30.5 Å². The Morgan fingerprint density at radius 2 is 1.91 bits per heavy atom. The van der Waals surface area contributed by atoms with E-state index in [0.29, 0.717) is 17.7 Å². The summed E-state index contributed by atoms with van der Waals surface area (Å²) in [4.78, 5) is 36.9. The Kier molecular flexibility index (Phi) is 8.20. The summed E-state index contributed by atoms with van der Waals surface area (Å²) in [5, 5.41) is 15.2. The average molecular weight is 607 g/mol. The van der Waals surface area contributed by atoms with Crippen LogP contribution >= 0.6 is 11.6 Å². The molecular formula is C29H27ClN6O7. The van der Waals surface area contributed by atoms with Gasteiger partial charge < -0.3 is 29.4 Å². The number of anilines is 1. The minimum atomic E-state index is -1.17. The second kappa shape index (κ2) is 12.4. The number of carboxylic acid groups (broad SMARTS) is 1. The van der Waals surface area contributed by atoms with E-state index >= 15 is 0 Å². The second-order valence-corrected chi connectivity index (χ2v) is 10.1. The standard InChI is InChI=1S/C29H27ClN6O7/c1-2-31-29(39)35-25-22-26(33-14-32-25)36(15-34-22)27-24-23(42-21(43-24)11-8-16-6-4-3-5-7-16)20(41-27)13-40-19-10-9-17(30)12-18(19)28(37)38/h3-12,14-15,20-21,23-24,27H,2,13H2,1H3,(H,37,38)(H2,31,32,33,35,39)/b11-8+/t20?,21-,23?,24?,27?/m0/s1. The summed E-state index contributed by atoms with van der Waals surface area (Å²) in [6.07, 6.45) is 3.30. The molecule has 5 atom stereocenters. The molecule has 0 radical (unpaired) electrons. The van der Waals surface area contributed by atoms with Crippen molar-refractivity contribution >= 4 is 46.7 Å². The Morgan fingerprint density at radius 3 is 2.70 bits per heavy atom. The normalized spacial score (nSPS) is 23.0. The van der Waals surface area contributed by atoms with E-state index in [-0.39, 0.29) is 28.8 Å². The molecule has 2 aliphatic heterocycles. The number of hydrogen-bond donors (Lipinski definition) is 3. The first-order chi connectivity index (χ1) is 20.9. The second-order valence-electron chi connectivity index (χ2n) is 9.69. The number of amides is 2. The third-order valence-electron chi connectivity index (χ3n) is 6.89. The molecule has 0 spiro atoms. The van der Waals surface area contributed by atoms with E-state index in [1.165, 1.54) is 24.8 Å². The number of aromatic nitrogens is 4. The third-order valence-corrected chi connectivity index (χ3v) is 7.13. The quantitative estimate of drug-likeness (QED) is 0.253. The Bertz CT molecular complexity index is 1670. The van der Waals surface area contributed by atoms with Gasteiger partial charge in [-0.2, -0.15) is 0 Å². The zero-order valence-electron chi connectivity index (χ0n) is 22.8. The molecule has 6 rings (SSSR count). The number of fused-ring (bicyclic) bond motifs is 2. The maximum absolute atomic E-state index is 12.1. The van der Waals surface area contributed by atoms with Gasteiger partial charge in [0.25, 0.3) is 0 Å². The summed E-state index contributed by atoms with van der Waals surface area (Å²) in [6, 6.07) is 13.7. The first-order valence-corrected chi connectivity index (χ1v) is 13.9. The van der Waals surface area contributed by atoms with Crippen molar-refractivity contribution in [1.82, 2.24) is 24.8 Å². The molecule has 2 fully saturated rings. The highest BCUT2D eigenvalue weighted by atomic mass is 35.5. The van der Waals surface area contributed by atoms with Gasteiger partial charge in [0.15, 0.2) is 29.5 Å². The maximum atomic E-state index is 12.1. The zero-order valence-corrected chi connectivity index (χ0v) is 23.5. The van der Waals surface area contributed by atoms with Crippen molar-refractivity contribution in [2.24, 2.45) is 0 Å². The molecule has 222 valence electrons. The van der Waals surface area contributed by atoms with Crippen LogP contribution < -0.4 is 15.4 Å². The average Bonchev–Trinajstić information content (AvgIpc) is 3.70. The van der Waals surface area contributed by atoms with Crippen molar-refractivity contribution in [2.45, 2.75) is 37.8 Å². The first kappa shape index (κ1) is 28.6. The number of nitrogens with zero attached hydrogens (tertiary/aromatic N) is 4. The number of aromatic carboxylic acids is 1. The van der Waals surface area contributed by atoms with Gasteiger partial charge in [0.1, 0.15) is 42.6 Å². The molecule has 0 aliphatic carbocycles. The van der Waals surface area contributed by atoms with Crippen LogP contribution in [0, 0.1) is 0 Å². The molecular weight excluding hydrogens is 580 g/mol. The van der Waals surface area contributed by atoms with Gasteiger partial charge >= 0.3 is 12.0 Å². The van der Waals surface area contributed by atoms with Gasteiger partial charge in [-0.25, -0.2) is 24.5 Å². The number of carbonyl (C=O) groups is 2. The summed E-state index contributed by atoms with van der Waals surface area (Å²) in [5.41, 5.74) is 1.67. The number of carboxylic acids is 1. The molecule has 2 aromatic heterocycles. The van der Waals surface area contributed by atoms with E-state index in [1.807, 2.05) is 42.5 Å². The Balaban J connectivity index is 1.28. The maximum Gasteiger partial charge on any atom is 0.339 e. The summed E-state index contributed by atoms with van der Waals surface area (Å²) in [7, 11) is 0. The van der Waals surface area contributed by atoms with E-state index in [9.17, 15) is 14.7 Å². The molecule has 2 saturated heterocycles. The molecule has 13 nitrogen and oxygen atoms in total. The minimum Gasteiger partial charge on any atom is -0.490 e. The van der Waals surface area contributed by atoms with E-state index in [0.717, 1.165) is 5.56 Å². The summed E-state index contributed by atoms with van der Waals surface area (Å²) in [6.45, 7) is 2.21. The highest BCUT2D eigenvalue weighted by Crippen LogP contribution is 2.41. The van der Waals surface area contributed by atoms with Crippen LogP contribution in [0.15, 0.2) is 67.3 Å². The summed E-state index contributed by atoms with van der Waals surface area (Å²) in [5.74, 6) is -0.795. The number of urea groups is 1. The van der Waals surface area contributed by atoms with Crippen LogP contribution in [0.5, 0.6) is 5.75 Å². The predicted molar refractivity (Wildman–Crippen MR) is 155 cm³/mol. The molecule has 14 heteroatoms. The number of rotatable bonds is 9. The van der Waals surface area contributed by atoms with Gasteiger partial charge in [0.2, 0.25) is 0 Å². The van der Waals surface area contributed by atoms with Gasteiger partial charge in [-0.1, -0.05) is 48.0 Å². The molecule has 0 saturated carbocycles. The van der Waals surface area contributed by atoms with Crippen molar-refractivity contribution < 1.29 is 33.6 Å². The van der Waals surface area contributed by atoms with Gasteiger partial charge in [-0.3, -0.25) is 9.88 Å². The molecule has 2 amide bonds. The highest BCUT2D eigenvalue weighted by molar-refractivity contribution is 6.31. The lowest BCUT2D eigenvalue weighted by Gasteiger charge is -2.21. The minimum absolute atomic E-state index is 0.0380. The van der Waals surface area contributed by atoms with Crippen LogP contribution in [-0.2, 0) is 14.2 Å². The number of halogens is 1. The number of imidazole rings is 1. The third kappa shape index (κ3) is 6.01. The summed E-state index contributed by atoms with van der Waals surface area (Å²) >= 11 is 6.00. The van der Waals surface area contributed by atoms with Crippen LogP contribution in [0.4, 0.5) is 10.6 Å². The molecule has 43 heavy (non-hydrogen) atoms. The fourth-order valence-corrected chi connectivity index (χ4v) is 5.14. The lowest BCUT2D eigenvalue weighted by Crippen LogP contribution is -2.33. The van der Waals surface area contributed by atoms with Crippen LogP contribution in [-0.4, -0.2) is 74.4 Å². The Labute approximate surface area is 250 Å². The van der Waals surface area contributed by atoms with Crippen LogP contribution in [0.3, 0.4) is 0 Å². The van der Waals surface area contributed by atoms with Crippen LogP contribution in [0.2, 0.25) is 5.02 Å². The SMILES string of the molecule is CCNC(=O)Nc1ncnc2c1ncn2C1OC(COc2ccc(Cl)cc2C(=O)O)C2O[C@H](/C=C/c3ccccc3)OC21. The number of ether oxygens (including phenoxy) is 4. The summed E-state index contributed by atoms with van der Waals surface area (Å²) < 4.78 is 26.6. The lowest BCUT2D eigenvalue weighted by atomic mass is 10.1. The van der Waals surface area contributed by atoms with Crippen molar-refractivity contribution in [3.8, 4) is 5.75 Å². The number of nitrogens with one attached hydrogen (secondary N) is 2. The van der Waals surface area contributed by atoms with Crippen molar-refractivity contribution in [1.29, 1.82) is 0 Å².